The van der Waals surface area contributed by atoms with Crippen LogP contribution < -0.4 is 10.1 Å². The molecule has 1 aliphatic rings. The average Bonchev–Trinajstić information content (AvgIpc) is 2.88. The lowest BCUT2D eigenvalue weighted by Crippen LogP contribution is -2.14. The average molecular weight is 413 g/mol. The molecule has 3 aromatic rings. The predicted molar refractivity (Wildman–Crippen MR) is 115 cm³/mol. The summed E-state index contributed by atoms with van der Waals surface area (Å²) in [4.78, 5) is 22.7. The van der Waals surface area contributed by atoms with Gasteiger partial charge in [0.25, 0.3) is 5.91 Å². The largest absolute Gasteiger partial charge is 0.491 e. The highest BCUT2D eigenvalue weighted by molar-refractivity contribution is 6.31. The molecule has 3 heterocycles. The van der Waals surface area contributed by atoms with Gasteiger partial charge < -0.3 is 14.6 Å². The quantitative estimate of drug-likeness (QED) is 0.628. The molecule has 0 spiro atoms. The lowest BCUT2D eigenvalue weighted by molar-refractivity contribution is 0.102. The summed E-state index contributed by atoms with van der Waals surface area (Å²) < 4.78 is 7.93. The summed E-state index contributed by atoms with van der Waals surface area (Å²) in [5.41, 5.74) is 3.32. The number of aromatic nitrogens is 3. The monoisotopic (exact) mass is 412 g/mol. The maximum absolute atomic E-state index is 13.2. The van der Waals surface area contributed by atoms with Gasteiger partial charge in [-0.1, -0.05) is 24.9 Å². The highest BCUT2D eigenvalue weighted by Gasteiger charge is 2.21. The molecule has 1 amide bonds. The highest BCUT2D eigenvalue weighted by Crippen LogP contribution is 2.30. The van der Waals surface area contributed by atoms with E-state index in [9.17, 15) is 4.79 Å². The van der Waals surface area contributed by atoms with E-state index >= 15 is 0 Å². The first-order valence-electron chi connectivity index (χ1n) is 10.2. The lowest BCUT2D eigenvalue weighted by Gasteiger charge is -2.13. The molecular formula is C22H25ClN4O2. The van der Waals surface area contributed by atoms with Gasteiger partial charge in [0, 0.05) is 23.7 Å². The number of hydrogen-bond donors (Lipinski definition) is 1. The van der Waals surface area contributed by atoms with Crippen molar-refractivity contribution < 1.29 is 9.53 Å². The molecule has 2 aromatic heterocycles. The number of imidazole rings is 1. The number of rotatable bonds is 5. The molecule has 0 saturated heterocycles. The number of amides is 1. The number of halogens is 1. The molecule has 0 saturated carbocycles. The van der Waals surface area contributed by atoms with Gasteiger partial charge in [0.05, 0.1) is 17.9 Å². The SMILES string of the molecule is CCCOc1ccc(Cl)cc1NC(=O)c1cc(C)nc2c1nc1n2CCCCC1. The second kappa shape index (κ2) is 8.41. The Bertz CT molecular complexity index is 1060. The van der Waals surface area contributed by atoms with Crippen molar-refractivity contribution in [1.29, 1.82) is 0 Å². The van der Waals surface area contributed by atoms with E-state index in [1.54, 1.807) is 24.3 Å². The van der Waals surface area contributed by atoms with Crippen LogP contribution in [-0.2, 0) is 13.0 Å². The fraction of sp³-hybridized carbons (Fsp3) is 0.409. The van der Waals surface area contributed by atoms with Crippen LogP contribution in [-0.4, -0.2) is 27.0 Å². The van der Waals surface area contributed by atoms with Crippen molar-refractivity contribution in [2.45, 2.75) is 52.5 Å². The van der Waals surface area contributed by atoms with Crippen LogP contribution in [0.1, 0.15) is 54.5 Å². The fourth-order valence-electron chi connectivity index (χ4n) is 3.72. The van der Waals surface area contributed by atoms with Crippen LogP contribution in [0.15, 0.2) is 24.3 Å². The molecule has 0 fully saturated rings. The van der Waals surface area contributed by atoms with E-state index in [0.29, 0.717) is 34.1 Å². The first kappa shape index (κ1) is 19.7. The van der Waals surface area contributed by atoms with Crippen molar-refractivity contribution in [2.24, 2.45) is 0 Å². The van der Waals surface area contributed by atoms with E-state index in [2.05, 4.69) is 14.9 Å². The highest BCUT2D eigenvalue weighted by atomic mass is 35.5. The van der Waals surface area contributed by atoms with Crippen molar-refractivity contribution >= 4 is 34.4 Å². The van der Waals surface area contributed by atoms with Gasteiger partial charge in [0.2, 0.25) is 0 Å². The Kier molecular flexibility index (Phi) is 5.72. The molecule has 1 N–H and O–H groups in total. The maximum Gasteiger partial charge on any atom is 0.258 e. The Morgan fingerprint density at radius 2 is 2.10 bits per heavy atom. The number of ether oxygens (including phenoxy) is 1. The van der Waals surface area contributed by atoms with Gasteiger partial charge in [0.15, 0.2) is 5.65 Å². The van der Waals surface area contributed by atoms with Gasteiger partial charge in [-0.25, -0.2) is 9.97 Å². The van der Waals surface area contributed by atoms with Gasteiger partial charge in [-0.2, -0.15) is 0 Å². The molecule has 0 bridgehead atoms. The molecule has 0 aliphatic carbocycles. The van der Waals surface area contributed by atoms with Gasteiger partial charge in [-0.3, -0.25) is 4.79 Å². The second-order valence-electron chi connectivity index (χ2n) is 7.42. The number of hydrogen-bond acceptors (Lipinski definition) is 4. The molecule has 0 radical (unpaired) electrons. The summed E-state index contributed by atoms with van der Waals surface area (Å²) in [6.07, 6.45) is 5.21. The number of nitrogens with one attached hydrogen (secondary N) is 1. The zero-order valence-corrected chi connectivity index (χ0v) is 17.6. The standard InChI is InChI=1S/C22H25ClN4O2/c1-3-11-29-18-9-8-15(23)13-17(18)25-22(28)16-12-14(2)24-21-20(16)26-19-7-5-4-6-10-27(19)21/h8-9,12-13H,3-7,10-11H2,1-2H3,(H,25,28). The van der Waals surface area contributed by atoms with Crippen LogP contribution in [0.4, 0.5) is 5.69 Å². The number of carbonyl (C=O) groups excluding carboxylic acids is 1. The molecule has 6 nitrogen and oxygen atoms in total. The van der Waals surface area contributed by atoms with Crippen LogP contribution in [0.3, 0.4) is 0 Å². The second-order valence-corrected chi connectivity index (χ2v) is 7.85. The van der Waals surface area contributed by atoms with Crippen molar-refractivity contribution in [1.82, 2.24) is 14.5 Å². The van der Waals surface area contributed by atoms with Gasteiger partial charge in [-0.05, 0) is 50.5 Å². The molecular weight excluding hydrogens is 388 g/mol. The summed E-state index contributed by atoms with van der Waals surface area (Å²) in [6, 6.07) is 7.03. The molecule has 0 unspecified atom stereocenters. The first-order valence-corrected chi connectivity index (χ1v) is 10.5. The minimum atomic E-state index is -0.239. The maximum atomic E-state index is 13.2. The minimum Gasteiger partial charge on any atom is -0.491 e. The molecule has 29 heavy (non-hydrogen) atoms. The number of carbonyl (C=O) groups is 1. The molecule has 4 rings (SSSR count). The zero-order chi connectivity index (χ0) is 20.4. The number of nitrogens with zero attached hydrogens (tertiary/aromatic N) is 3. The van der Waals surface area contributed by atoms with E-state index in [1.807, 2.05) is 13.8 Å². The van der Waals surface area contributed by atoms with Crippen LogP contribution in [0, 0.1) is 6.92 Å². The lowest BCUT2D eigenvalue weighted by atomic mass is 10.1. The fourth-order valence-corrected chi connectivity index (χ4v) is 3.89. The smallest absolute Gasteiger partial charge is 0.258 e. The summed E-state index contributed by atoms with van der Waals surface area (Å²) in [6.45, 7) is 5.40. The number of benzene rings is 1. The summed E-state index contributed by atoms with van der Waals surface area (Å²) in [7, 11) is 0. The van der Waals surface area contributed by atoms with Crippen molar-refractivity contribution in [2.75, 3.05) is 11.9 Å². The van der Waals surface area contributed by atoms with Crippen molar-refractivity contribution in [3.05, 3.63) is 46.4 Å². The molecule has 7 heteroatoms. The van der Waals surface area contributed by atoms with E-state index < -0.39 is 0 Å². The zero-order valence-electron chi connectivity index (χ0n) is 16.8. The molecule has 1 aliphatic heterocycles. The van der Waals surface area contributed by atoms with Gasteiger partial charge in [0.1, 0.15) is 17.1 Å². The number of fused-ring (bicyclic) bond motifs is 3. The van der Waals surface area contributed by atoms with Crippen LogP contribution in [0.2, 0.25) is 5.02 Å². The number of aryl methyl sites for hydroxylation is 3. The van der Waals surface area contributed by atoms with Gasteiger partial charge >= 0.3 is 0 Å². The van der Waals surface area contributed by atoms with Crippen LogP contribution >= 0.6 is 11.6 Å². The third kappa shape index (κ3) is 4.08. The Hall–Kier alpha value is -2.60. The Morgan fingerprint density at radius 1 is 1.24 bits per heavy atom. The van der Waals surface area contributed by atoms with E-state index in [1.165, 1.54) is 6.42 Å². The predicted octanol–water partition coefficient (Wildman–Crippen LogP) is 5.16. The van der Waals surface area contributed by atoms with Gasteiger partial charge in [-0.15, -0.1) is 0 Å². The van der Waals surface area contributed by atoms with Crippen LogP contribution in [0.25, 0.3) is 11.2 Å². The Morgan fingerprint density at radius 3 is 2.93 bits per heavy atom. The first-order chi connectivity index (χ1) is 14.1. The number of anilines is 1. The molecule has 152 valence electrons. The summed E-state index contributed by atoms with van der Waals surface area (Å²) >= 11 is 6.15. The third-order valence-corrected chi connectivity index (χ3v) is 5.32. The molecule has 0 atom stereocenters. The number of pyridine rings is 1. The third-order valence-electron chi connectivity index (χ3n) is 5.09. The van der Waals surface area contributed by atoms with Crippen LogP contribution in [0.5, 0.6) is 5.75 Å². The Balaban J connectivity index is 1.72. The van der Waals surface area contributed by atoms with E-state index in [-0.39, 0.29) is 5.91 Å². The summed E-state index contributed by atoms with van der Waals surface area (Å²) in [5, 5.41) is 3.50. The summed E-state index contributed by atoms with van der Waals surface area (Å²) in [5.74, 6) is 1.38. The Labute approximate surface area is 175 Å². The van der Waals surface area contributed by atoms with Crippen molar-refractivity contribution in [3.63, 3.8) is 0 Å². The topological polar surface area (TPSA) is 69.0 Å². The van der Waals surface area contributed by atoms with E-state index in [4.69, 9.17) is 21.3 Å². The molecule has 1 aromatic carbocycles. The normalized spacial score (nSPS) is 13.8. The van der Waals surface area contributed by atoms with Crippen molar-refractivity contribution in [3.8, 4) is 5.75 Å². The van der Waals surface area contributed by atoms with E-state index in [0.717, 1.165) is 49.4 Å². The minimum absolute atomic E-state index is 0.239.